The minimum Gasteiger partial charge on any atom is -0.382 e. The molecule has 1 aliphatic rings. The predicted molar refractivity (Wildman–Crippen MR) is 162 cm³/mol. The van der Waals surface area contributed by atoms with Crippen molar-refractivity contribution in [3.63, 3.8) is 0 Å². The van der Waals surface area contributed by atoms with Crippen LogP contribution in [0.5, 0.6) is 5.75 Å². The Hall–Kier alpha value is -4.39. The Morgan fingerprint density at radius 1 is 1.14 bits per heavy atom. The van der Waals surface area contributed by atoms with Gasteiger partial charge in [-0.15, -0.1) is 0 Å². The highest BCUT2D eigenvalue weighted by Gasteiger charge is 2.21. The van der Waals surface area contributed by atoms with E-state index in [1.54, 1.807) is 48.9 Å². The summed E-state index contributed by atoms with van der Waals surface area (Å²) < 4.78 is 29.4. The molecule has 42 heavy (non-hydrogen) atoms. The lowest BCUT2D eigenvalue weighted by molar-refractivity contribution is 0.102. The Kier molecular flexibility index (Phi) is 8.76. The maximum absolute atomic E-state index is 13.4. The summed E-state index contributed by atoms with van der Waals surface area (Å²) in [7, 11) is -3.87. The molecule has 218 valence electrons. The van der Waals surface area contributed by atoms with Crippen molar-refractivity contribution in [2.45, 2.75) is 26.4 Å². The lowest BCUT2D eigenvalue weighted by atomic mass is 10.1. The molecule has 2 aromatic carbocycles. The molecular weight excluding hydrogens is 554 g/mol. The Balaban J connectivity index is 1.35. The Bertz CT molecular complexity index is 1680. The topological polar surface area (TPSA) is 138 Å². The molecular formula is C30H33N7O4S. The van der Waals surface area contributed by atoms with Gasteiger partial charge in [0.2, 0.25) is 5.95 Å². The maximum Gasteiger partial charge on any atom is 0.306 e. The standard InChI is InChI=1S/C30H33N7O4S/c1-20-6-8-24(16-27(20)36-30-33-12-10-26(35-30)23-5-4-11-31-18-23)34-29(38)25-9-7-22(15-28(25)41-42(3,39)40)19-37-14-13-32-17-21(37)2/h4-12,15-16,18,21,32H,13-14,17,19H2,1-3H3,(H,34,38)(H,33,35,36). The number of rotatable bonds is 9. The fourth-order valence-electron chi connectivity index (χ4n) is 4.68. The number of nitrogens with zero attached hydrogens (tertiary/aromatic N) is 4. The zero-order valence-electron chi connectivity index (χ0n) is 23.7. The Labute approximate surface area is 245 Å². The predicted octanol–water partition coefficient (Wildman–Crippen LogP) is 3.98. The van der Waals surface area contributed by atoms with E-state index >= 15 is 0 Å². The van der Waals surface area contributed by atoms with Crippen LogP contribution in [0, 0.1) is 6.92 Å². The van der Waals surface area contributed by atoms with Gasteiger partial charge in [0.1, 0.15) is 0 Å². The molecule has 1 amide bonds. The second-order valence-corrected chi connectivity index (χ2v) is 11.8. The number of hydrogen-bond acceptors (Lipinski definition) is 10. The molecule has 0 spiro atoms. The fraction of sp³-hybridized carbons (Fsp3) is 0.267. The van der Waals surface area contributed by atoms with Crippen LogP contribution in [-0.4, -0.2) is 66.1 Å². The van der Waals surface area contributed by atoms with E-state index in [4.69, 9.17) is 4.18 Å². The monoisotopic (exact) mass is 587 g/mol. The average molecular weight is 588 g/mol. The van der Waals surface area contributed by atoms with Crippen LogP contribution in [0.15, 0.2) is 73.2 Å². The Morgan fingerprint density at radius 2 is 2.00 bits per heavy atom. The number of carbonyl (C=O) groups excluding carboxylic acids is 1. The van der Waals surface area contributed by atoms with Crippen molar-refractivity contribution in [3.8, 4) is 17.0 Å². The van der Waals surface area contributed by atoms with Crippen molar-refractivity contribution in [2.75, 3.05) is 36.5 Å². The lowest BCUT2D eigenvalue weighted by Crippen LogP contribution is -2.49. The van der Waals surface area contributed by atoms with E-state index in [-0.39, 0.29) is 11.3 Å². The summed E-state index contributed by atoms with van der Waals surface area (Å²) in [6.45, 7) is 7.30. The van der Waals surface area contributed by atoms with E-state index in [1.807, 2.05) is 31.2 Å². The number of anilines is 3. The maximum atomic E-state index is 13.4. The first kappa shape index (κ1) is 29.1. The van der Waals surface area contributed by atoms with Gasteiger partial charge in [0, 0.05) is 67.7 Å². The normalized spacial score (nSPS) is 15.6. The molecule has 1 aliphatic heterocycles. The fourth-order valence-corrected chi connectivity index (χ4v) is 5.15. The number of aromatic nitrogens is 3. The molecule has 1 atom stereocenters. The van der Waals surface area contributed by atoms with E-state index in [0.717, 1.165) is 48.3 Å². The van der Waals surface area contributed by atoms with Gasteiger partial charge in [0.05, 0.1) is 17.5 Å². The third-order valence-corrected chi connectivity index (χ3v) is 7.39. The molecule has 2 aromatic heterocycles. The quantitative estimate of drug-likeness (QED) is 0.247. The average Bonchev–Trinajstić information content (AvgIpc) is 2.96. The van der Waals surface area contributed by atoms with E-state index in [1.165, 1.54) is 0 Å². The summed E-state index contributed by atoms with van der Waals surface area (Å²) in [5, 5.41) is 9.44. The highest BCUT2D eigenvalue weighted by Crippen LogP contribution is 2.27. The molecule has 3 heterocycles. The molecule has 5 rings (SSSR count). The van der Waals surface area contributed by atoms with Gasteiger partial charge in [0.25, 0.3) is 5.91 Å². The minimum atomic E-state index is -3.87. The summed E-state index contributed by atoms with van der Waals surface area (Å²) in [4.78, 5) is 28.7. The Morgan fingerprint density at radius 3 is 2.76 bits per heavy atom. The van der Waals surface area contributed by atoms with Crippen LogP contribution in [-0.2, 0) is 16.7 Å². The zero-order chi connectivity index (χ0) is 29.7. The molecule has 12 heteroatoms. The van der Waals surface area contributed by atoms with Gasteiger partial charge in [-0.1, -0.05) is 12.1 Å². The summed E-state index contributed by atoms with van der Waals surface area (Å²) in [5.41, 5.74) is 4.66. The van der Waals surface area contributed by atoms with Gasteiger partial charge in [0.15, 0.2) is 5.75 Å². The van der Waals surface area contributed by atoms with Gasteiger partial charge in [-0.25, -0.2) is 9.97 Å². The van der Waals surface area contributed by atoms with Gasteiger partial charge in [-0.05, 0) is 67.4 Å². The van der Waals surface area contributed by atoms with Crippen molar-refractivity contribution in [1.29, 1.82) is 0 Å². The van der Waals surface area contributed by atoms with E-state index < -0.39 is 16.0 Å². The second-order valence-electron chi connectivity index (χ2n) is 10.3. The van der Waals surface area contributed by atoms with E-state index in [2.05, 4.69) is 42.7 Å². The van der Waals surface area contributed by atoms with Crippen LogP contribution >= 0.6 is 0 Å². The molecule has 1 fully saturated rings. The van der Waals surface area contributed by atoms with Crippen molar-refractivity contribution in [1.82, 2.24) is 25.2 Å². The highest BCUT2D eigenvalue weighted by molar-refractivity contribution is 7.86. The summed E-state index contributed by atoms with van der Waals surface area (Å²) in [6.07, 6.45) is 6.05. The molecule has 0 radical (unpaired) electrons. The molecule has 0 saturated carbocycles. The largest absolute Gasteiger partial charge is 0.382 e. The molecule has 3 N–H and O–H groups in total. The number of hydrogen-bond donors (Lipinski definition) is 3. The molecule has 0 aliphatic carbocycles. The second kappa shape index (κ2) is 12.6. The van der Waals surface area contributed by atoms with Crippen LogP contribution in [0.2, 0.25) is 0 Å². The lowest BCUT2D eigenvalue weighted by Gasteiger charge is -2.34. The number of benzene rings is 2. The first-order valence-electron chi connectivity index (χ1n) is 13.5. The van der Waals surface area contributed by atoms with Crippen molar-refractivity contribution < 1.29 is 17.4 Å². The molecule has 4 aromatic rings. The number of carbonyl (C=O) groups is 1. The number of pyridine rings is 1. The van der Waals surface area contributed by atoms with Crippen LogP contribution in [0.1, 0.15) is 28.4 Å². The van der Waals surface area contributed by atoms with Crippen molar-refractivity contribution >= 4 is 33.3 Å². The highest BCUT2D eigenvalue weighted by atomic mass is 32.2. The first-order chi connectivity index (χ1) is 20.1. The third-order valence-electron chi connectivity index (χ3n) is 6.91. The van der Waals surface area contributed by atoms with Crippen LogP contribution in [0.3, 0.4) is 0 Å². The summed E-state index contributed by atoms with van der Waals surface area (Å²) in [6, 6.07) is 16.3. The zero-order valence-corrected chi connectivity index (χ0v) is 24.5. The third kappa shape index (κ3) is 7.46. The van der Waals surface area contributed by atoms with Crippen molar-refractivity contribution in [3.05, 3.63) is 89.9 Å². The molecule has 11 nitrogen and oxygen atoms in total. The van der Waals surface area contributed by atoms with Gasteiger partial charge >= 0.3 is 10.1 Å². The van der Waals surface area contributed by atoms with Gasteiger partial charge in [-0.3, -0.25) is 14.7 Å². The summed E-state index contributed by atoms with van der Waals surface area (Å²) >= 11 is 0. The SMILES string of the molecule is Cc1ccc(NC(=O)c2ccc(CN3CCNCC3C)cc2OS(C)(=O)=O)cc1Nc1nccc(-c2cccnc2)n1. The first-order valence-corrected chi connectivity index (χ1v) is 15.4. The molecule has 1 saturated heterocycles. The number of aryl methyl sites for hydroxylation is 1. The number of nitrogens with one attached hydrogen (secondary N) is 3. The van der Waals surface area contributed by atoms with E-state index in [9.17, 15) is 13.2 Å². The molecule has 0 bridgehead atoms. The van der Waals surface area contributed by atoms with Crippen LogP contribution in [0.25, 0.3) is 11.3 Å². The summed E-state index contributed by atoms with van der Waals surface area (Å²) in [5.74, 6) is -0.122. The van der Waals surface area contributed by atoms with Crippen LogP contribution in [0.4, 0.5) is 17.3 Å². The number of piperazine rings is 1. The van der Waals surface area contributed by atoms with Crippen molar-refractivity contribution in [2.24, 2.45) is 0 Å². The molecule has 1 unspecified atom stereocenters. The number of amides is 1. The van der Waals surface area contributed by atoms with Crippen LogP contribution < -0.4 is 20.1 Å². The van der Waals surface area contributed by atoms with Gasteiger partial charge < -0.3 is 20.1 Å². The minimum absolute atomic E-state index is 0.0126. The van der Waals surface area contributed by atoms with E-state index in [0.29, 0.717) is 29.9 Å². The smallest absolute Gasteiger partial charge is 0.306 e. The van der Waals surface area contributed by atoms with Gasteiger partial charge in [-0.2, -0.15) is 8.42 Å².